The number of allylic oxidation sites excluding steroid dienone is 16. The average molecular weight is 1160 g/mol. The van der Waals surface area contributed by atoms with Gasteiger partial charge in [0, 0.05) is 19.3 Å². The minimum absolute atomic E-state index is 0.0766. The SMILES string of the molecule is CC/C=C\C/C=C\C/C=C\C/C=C\C/C=C\C/C=C\C/C=C\C/C=C\CCCCCCCCC(=O)OCC(COC(=O)CCCCCCCCCCCCCCCCCC)OC(=O)CCCCCCCCCCCCCCCCCCCC. The van der Waals surface area contributed by atoms with Crippen LogP contribution in [0.15, 0.2) is 97.2 Å². The van der Waals surface area contributed by atoms with Crippen molar-refractivity contribution in [1.82, 2.24) is 0 Å². The van der Waals surface area contributed by atoms with Gasteiger partial charge in [-0.3, -0.25) is 14.4 Å². The van der Waals surface area contributed by atoms with Gasteiger partial charge in [0.05, 0.1) is 0 Å². The van der Waals surface area contributed by atoms with Crippen LogP contribution in [0.2, 0.25) is 0 Å². The highest BCUT2D eigenvalue weighted by Crippen LogP contribution is 2.18. The van der Waals surface area contributed by atoms with E-state index in [-0.39, 0.29) is 31.1 Å². The van der Waals surface area contributed by atoms with E-state index in [9.17, 15) is 14.4 Å². The molecule has 0 fully saturated rings. The lowest BCUT2D eigenvalue weighted by atomic mass is 10.0. The van der Waals surface area contributed by atoms with Gasteiger partial charge in [0.15, 0.2) is 6.10 Å². The molecule has 0 aromatic carbocycles. The molecule has 0 aliphatic rings. The van der Waals surface area contributed by atoms with Gasteiger partial charge in [-0.2, -0.15) is 0 Å². The molecule has 0 aromatic heterocycles. The van der Waals surface area contributed by atoms with E-state index in [2.05, 4.69) is 118 Å². The summed E-state index contributed by atoms with van der Waals surface area (Å²) in [5, 5.41) is 0. The van der Waals surface area contributed by atoms with Gasteiger partial charge in [0.25, 0.3) is 0 Å². The first-order valence-electron chi connectivity index (χ1n) is 35.7. The Bertz CT molecular complexity index is 1610. The van der Waals surface area contributed by atoms with E-state index in [1.807, 2.05) is 0 Å². The molecule has 6 nitrogen and oxygen atoms in total. The minimum atomic E-state index is -0.782. The first-order valence-corrected chi connectivity index (χ1v) is 35.7. The zero-order valence-corrected chi connectivity index (χ0v) is 54.9. The van der Waals surface area contributed by atoms with Crippen molar-refractivity contribution in [2.24, 2.45) is 0 Å². The predicted molar refractivity (Wildman–Crippen MR) is 362 cm³/mol. The van der Waals surface area contributed by atoms with Crippen LogP contribution in [0.25, 0.3) is 0 Å². The molecule has 0 spiro atoms. The molecular weight excluding hydrogens is 1020 g/mol. The summed E-state index contributed by atoms with van der Waals surface area (Å²) in [4.78, 5) is 38.5. The standard InChI is InChI=1S/C77H134O6/c1-4-7-10-13-16-19-22-25-28-31-33-34-35-36-37-38-39-40-41-42-43-44-45-47-49-52-55-58-61-64-67-70-76(79)82-73-74(72-81-75(78)69-66-63-60-57-54-51-48-30-27-24-21-18-15-12-9-6-3)83-77(80)71-68-65-62-59-56-53-50-46-32-29-26-23-20-17-14-11-8-5-2/h7,10,16,19,25,28,33-34,36-37,39-40,42-43,45,47,74H,4-6,8-9,11-15,17-18,20-24,26-27,29-32,35,38,41,44,46,48-73H2,1-3H3/b10-7-,19-16-,28-25-,34-33-,37-36-,40-39-,43-42-,47-45-. The number of rotatable bonds is 65. The molecule has 1 unspecified atom stereocenters. The second kappa shape index (κ2) is 70.8. The van der Waals surface area contributed by atoms with E-state index < -0.39 is 6.10 Å². The Labute approximate surface area is 515 Å². The molecule has 0 saturated carbocycles. The number of hydrogen-bond donors (Lipinski definition) is 0. The number of carbonyl (C=O) groups is 3. The van der Waals surface area contributed by atoms with E-state index in [1.165, 1.54) is 193 Å². The summed E-state index contributed by atoms with van der Waals surface area (Å²) in [5.74, 6) is -0.871. The molecule has 478 valence electrons. The van der Waals surface area contributed by atoms with Crippen LogP contribution in [0.1, 0.15) is 355 Å². The molecule has 0 radical (unpaired) electrons. The largest absolute Gasteiger partial charge is 0.462 e. The fourth-order valence-corrected chi connectivity index (χ4v) is 10.3. The van der Waals surface area contributed by atoms with E-state index >= 15 is 0 Å². The van der Waals surface area contributed by atoms with Crippen molar-refractivity contribution in [3.8, 4) is 0 Å². The maximum absolute atomic E-state index is 13.0. The van der Waals surface area contributed by atoms with Crippen LogP contribution in [0.5, 0.6) is 0 Å². The van der Waals surface area contributed by atoms with Crippen molar-refractivity contribution in [1.29, 1.82) is 0 Å². The van der Waals surface area contributed by atoms with Crippen LogP contribution < -0.4 is 0 Å². The van der Waals surface area contributed by atoms with Crippen LogP contribution in [-0.4, -0.2) is 37.2 Å². The zero-order chi connectivity index (χ0) is 59.9. The molecule has 0 N–H and O–H groups in total. The second-order valence-corrected chi connectivity index (χ2v) is 23.8. The Morgan fingerprint density at radius 1 is 0.253 bits per heavy atom. The molecule has 6 heteroatoms. The Balaban J connectivity index is 4.33. The summed E-state index contributed by atoms with van der Waals surface area (Å²) in [5.41, 5.74) is 0. The molecule has 0 rings (SSSR count). The van der Waals surface area contributed by atoms with Crippen LogP contribution in [-0.2, 0) is 28.6 Å². The van der Waals surface area contributed by atoms with Crippen LogP contribution >= 0.6 is 0 Å². The van der Waals surface area contributed by atoms with Crippen molar-refractivity contribution in [3.63, 3.8) is 0 Å². The lowest BCUT2D eigenvalue weighted by Crippen LogP contribution is -2.30. The zero-order valence-electron chi connectivity index (χ0n) is 54.9. The summed E-state index contributed by atoms with van der Waals surface area (Å²) in [6, 6.07) is 0. The van der Waals surface area contributed by atoms with Crippen molar-refractivity contribution >= 4 is 17.9 Å². The van der Waals surface area contributed by atoms with Gasteiger partial charge in [0.2, 0.25) is 0 Å². The monoisotopic (exact) mass is 1160 g/mol. The van der Waals surface area contributed by atoms with Crippen LogP contribution in [0.3, 0.4) is 0 Å². The summed E-state index contributed by atoms with van der Waals surface area (Å²) < 4.78 is 17.0. The number of hydrogen-bond acceptors (Lipinski definition) is 6. The third kappa shape index (κ3) is 69.0. The lowest BCUT2D eigenvalue weighted by molar-refractivity contribution is -0.167. The Morgan fingerprint density at radius 3 is 0.735 bits per heavy atom. The van der Waals surface area contributed by atoms with E-state index in [0.717, 1.165) is 122 Å². The number of unbranched alkanes of at least 4 members (excludes halogenated alkanes) is 38. The first kappa shape index (κ1) is 79.3. The maximum atomic E-state index is 13.0. The summed E-state index contributed by atoms with van der Waals surface area (Å²) in [6.07, 6.45) is 95.7. The molecule has 83 heavy (non-hydrogen) atoms. The third-order valence-electron chi connectivity index (χ3n) is 15.6. The Morgan fingerprint density at radius 2 is 0.470 bits per heavy atom. The van der Waals surface area contributed by atoms with Gasteiger partial charge in [-0.05, 0) is 83.5 Å². The van der Waals surface area contributed by atoms with Crippen molar-refractivity contribution in [2.45, 2.75) is 361 Å². The number of ether oxygens (including phenoxy) is 3. The van der Waals surface area contributed by atoms with Gasteiger partial charge in [-0.15, -0.1) is 0 Å². The Kier molecular flexibility index (Phi) is 67.7. The molecule has 0 aliphatic heterocycles. The molecule has 1 atom stereocenters. The highest BCUT2D eigenvalue weighted by atomic mass is 16.6. The topological polar surface area (TPSA) is 78.9 Å². The Hall–Kier alpha value is -3.67. The van der Waals surface area contributed by atoms with E-state index in [0.29, 0.717) is 19.3 Å². The average Bonchev–Trinajstić information content (AvgIpc) is 3.49. The molecule has 0 aliphatic carbocycles. The van der Waals surface area contributed by atoms with E-state index in [1.54, 1.807) is 0 Å². The highest BCUT2D eigenvalue weighted by Gasteiger charge is 2.19. The highest BCUT2D eigenvalue weighted by molar-refractivity contribution is 5.71. The molecule has 0 heterocycles. The first-order chi connectivity index (χ1) is 41.0. The van der Waals surface area contributed by atoms with Gasteiger partial charge in [-0.1, -0.05) is 349 Å². The summed E-state index contributed by atoms with van der Waals surface area (Å²) >= 11 is 0. The van der Waals surface area contributed by atoms with Gasteiger partial charge >= 0.3 is 17.9 Å². The quantitative estimate of drug-likeness (QED) is 0.0261. The fourth-order valence-electron chi connectivity index (χ4n) is 10.3. The molecule has 0 amide bonds. The molecular formula is C77H134O6. The van der Waals surface area contributed by atoms with Gasteiger partial charge < -0.3 is 14.2 Å². The minimum Gasteiger partial charge on any atom is -0.462 e. The summed E-state index contributed by atoms with van der Waals surface area (Å²) in [7, 11) is 0. The van der Waals surface area contributed by atoms with Gasteiger partial charge in [-0.25, -0.2) is 0 Å². The number of esters is 3. The van der Waals surface area contributed by atoms with Gasteiger partial charge in [0.1, 0.15) is 13.2 Å². The third-order valence-corrected chi connectivity index (χ3v) is 15.6. The molecule has 0 aromatic rings. The maximum Gasteiger partial charge on any atom is 0.306 e. The van der Waals surface area contributed by atoms with Crippen molar-refractivity contribution in [3.05, 3.63) is 97.2 Å². The fraction of sp³-hybridized carbons (Fsp3) is 0.753. The van der Waals surface area contributed by atoms with Crippen LogP contribution in [0.4, 0.5) is 0 Å². The van der Waals surface area contributed by atoms with Crippen LogP contribution in [0, 0.1) is 0 Å². The normalized spacial score (nSPS) is 12.7. The van der Waals surface area contributed by atoms with Crippen molar-refractivity contribution < 1.29 is 28.6 Å². The van der Waals surface area contributed by atoms with Crippen molar-refractivity contribution in [2.75, 3.05) is 13.2 Å². The second-order valence-electron chi connectivity index (χ2n) is 23.8. The predicted octanol–water partition coefficient (Wildman–Crippen LogP) is 24.8. The number of carbonyl (C=O) groups excluding carboxylic acids is 3. The smallest absolute Gasteiger partial charge is 0.306 e. The van der Waals surface area contributed by atoms with E-state index in [4.69, 9.17) is 14.2 Å². The molecule has 0 saturated heterocycles. The molecule has 0 bridgehead atoms. The lowest BCUT2D eigenvalue weighted by Gasteiger charge is -2.18. The summed E-state index contributed by atoms with van der Waals surface area (Å²) in [6.45, 7) is 6.57.